The van der Waals surface area contributed by atoms with Gasteiger partial charge < -0.3 is 26.0 Å². The molecule has 0 saturated carbocycles. The van der Waals surface area contributed by atoms with Crippen molar-refractivity contribution < 1.29 is 28.7 Å². The molecule has 4 unspecified atom stereocenters. The smallest absolute Gasteiger partial charge is 0.248 e. The number of carbonyl (C=O) groups is 5. The SMILES string of the molecule is CC(=O)N[C@H](C(=O)N[C@@H](CC(C)C)C(=O)N[C@@H](CC(C)C)C(=O)N[C@@H](CC(C)C)C(=O)[C@@]1(C)CO1)P(P)PP. The highest BCUT2D eigenvalue weighted by Crippen LogP contribution is 2.68. The molecule has 9 atom stereocenters. The summed E-state index contributed by atoms with van der Waals surface area (Å²) in [4.78, 5) is 64.8. The van der Waals surface area contributed by atoms with E-state index in [9.17, 15) is 24.0 Å². The minimum atomic E-state index is -0.926. The van der Waals surface area contributed by atoms with Crippen LogP contribution in [-0.4, -0.2) is 65.5 Å². The Kier molecular flexibility index (Phi) is 15.4. The average molecular weight is 625 g/mol. The number of epoxide rings is 1. The molecule has 0 aliphatic carbocycles. The van der Waals surface area contributed by atoms with Crippen LogP contribution in [0.2, 0.25) is 0 Å². The number of hydrogen-bond acceptors (Lipinski definition) is 6. The van der Waals surface area contributed by atoms with E-state index in [1.165, 1.54) is 6.92 Å². The van der Waals surface area contributed by atoms with E-state index in [-0.39, 0.29) is 29.4 Å². The van der Waals surface area contributed by atoms with Crippen LogP contribution in [0, 0.1) is 17.8 Å². The van der Waals surface area contributed by atoms with Gasteiger partial charge in [0.05, 0.1) is 12.6 Å². The number of Topliss-reactive ketones (excluding diaryl/α,β-unsaturated/α-hetero) is 1. The highest BCUT2D eigenvalue weighted by Gasteiger charge is 2.50. The third kappa shape index (κ3) is 12.7. The third-order valence-corrected chi connectivity index (χ3v) is 16.6. The van der Waals surface area contributed by atoms with Crippen molar-refractivity contribution in [1.82, 2.24) is 21.3 Å². The Morgan fingerprint density at radius 3 is 1.54 bits per heavy atom. The lowest BCUT2D eigenvalue weighted by Crippen LogP contribution is -2.58. The van der Waals surface area contributed by atoms with Crippen LogP contribution < -0.4 is 21.3 Å². The second-order valence-electron chi connectivity index (χ2n) is 11.6. The van der Waals surface area contributed by atoms with Crippen molar-refractivity contribution in [3.8, 4) is 0 Å². The lowest BCUT2D eigenvalue weighted by Gasteiger charge is -2.29. The lowest BCUT2D eigenvalue weighted by molar-refractivity contribution is -0.135. The molecule has 4 N–H and O–H groups in total. The van der Waals surface area contributed by atoms with Crippen LogP contribution in [0.3, 0.4) is 0 Å². The fourth-order valence-electron chi connectivity index (χ4n) is 4.05. The van der Waals surface area contributed by atoms with Gasteiger partial charge in [-0.25, -0.2) is 0 Å². The molecule has 1 rings (SSSR count). The maximum absolute atomic E-state index is 13.5. The first-order chi connectivity index (χ1) is 18.0. The molecule has 0 bridgehead atoms. The van der Waals surface area contributed by atoms with Crippen LogP contribution >= 0.6 is 33.1 Å². The second kappa shape index (κ2) is 16.6. The summed E-state index contributed by atoms with van der Waals surface area (Å²) in [6.45, 7) is 15.1. The minimum Gasteiger partial charge on any atom is -0.361 e. The van der Waals surface area contributed by atoms with E-state index < -0.39 is 54.5 Å². The van der Waals surface area contributed by atoms with E-state index in [0.29, 0.717) is 33.8 Å². The van der Waals surface area contributed by atoms with Gasteiger partial charge in [-0.05, 0) is 51.2 Å². The fraction of sp³-hybridized carbons (Fsp3) is 0.800. The van der Waals surface area contributed by atoms with Crippen molar-refractivity contribution in [3.63, 3.8) is 0 Å². The number of rotatable bonds is 17. The summed E-state index contributed by atoms with van der Waals surface area (Å²) in [5.41, 5.74) is -0.880. The van der Waals surface area contributed by atoms with Gasteiger partial charge in [0.25, 0.3) is 0 Å². The molecular formula is C25H48N4O6P4. The predicted molar refractivity (Wildman–Crippen MR) is 166 cm³/mol. The Labute approximate surface area is 240 Å². The van der Waals surface area contributed by atoms with Gasteiger partial charge in [0, 0.05) is 6.92 Å². The third-order valence-electron chi connectivity index (χ3n) is 6.13. The summed E-state index contributed by atoms with van der Waals surface area (Å²) in [5.74, 6) is -2.31. The average Bonchev–Trinajstić information content (AvgIpc) is 3.57. The molecule has 14 heteroatoms. The lowest BCUT2D eigenvalue weighted by atomic mass is 9.92. The van der Waals surface area contributed by atoms with Gasteiger partial charge >= 0.3 is 0 Å². The molecule has 0 aromatic heterocycles. The number of nitrogens with one attached hydrogen (secondary N) is 4. The quantitative estimate of drug-likeness (QED) is 0.145. The minimum absolute atomic E-state index is 0.0751. The Morgan fingerprint density at radius 2 is 1.18 bits per heavy atom. The normalized spacial score (nSPS) is 20.8. The zero-order chi connectivity index (χ0) is 30.1. The van der Waals surface area contributed by atoms with Gasteiger partial charge in [0.1, 0.15) is 23.5 Å². The number of carbonyl (C=O) groups excluding carboxylic acids is 5. The van der Waals surface area contributed by atoms with Gasteiger partial charge in [-0.1, -0.05) is 49.5 Å². The van der Waals surface area contributed by atoms with Crippen molar-refractivity contribution in [2.24, 2.45) is 17.8 Å². The summed E-state index contributed by atoms with van der Waals surface area (Å²) >= 11 is 0. The number of amides is 4. The molecule has 0 spiro atoms. The van der Waals surface area contributed by atoms with Crippen molar-refractivity contribution >= 4 is 62.5 Å². The topological polar surface area (TPSA) is 146 Å². The van der Waals surface area contributed by atoms with Crippen LogP contribution in [0.25, 0.3) is 0 Å². The van der Waals surface area contributed by atoms with E-state index in [4.69, 9.17) is 4.74 Å². The standard InChI is InChI=1S/C25H48N4O6P4/c1-13(2)9-17(20(31)25(8)12-35-25)27-21(32)18(10-14(3)4)28-22(33)19(11-15(5)6)29-23(34)24(26-16(7)30)39(37)38-36/h13-15,17-19,24,38H,9-12,36-37H2,1-8H3,(H,26,30)(H,27,32)(H,28,33)(H,29,34)/t17-,18-,19-,24-,25+,39?/m0/s1. The predicted octanol–water partition coefficient (Wildman–Crippen LogP) is 3.05. The molecule has 39 heavy (non-hydrogen) atoms. The van der Waals surface area contributed by atoms with Crippen molar-refractivity contribution in [2.45, 2.75) is 104 Å². The number of hydrogen-bond donors (Lipinski definition) is 4. The van der Waals surface area contributed by atoms with E-state index in [1.54, 1.807) is 6.92 Å². The zero-order valence-corrected chi connectivity index (χ0v) is 28.6. The molecule has 1 aliphatic rings. The molecular weight excluding hydrogens is 576 g/mol. The van der Waals surface area contributed by atoms with E-state index in [0.717, 1.165) is 0 Å². The van der Waals surface area contributed by atoms with Gasteiger partial charge in [-0.15, -0.1) is 17.9 Å². The van der Waals surface area contributed by atoms with Gasteiger partial charge in [-0.3, -0.25) is 24.0 Å². The Hall–Kier alpha value is -0.770. The van der Waals surface area contributed by atoms with Gasteiger partial charge in [0.2, 0.25) is 23.6 Å². The summed E-state index contributed by atoms with van der Waals surface area (Å²) in [7, 11) is 4.64. The highest BCUT2D eigenvalue weighted by atomic mass is 32.6. The number of ether oxygens (including phenoxy) is 1. The van der Waals surface area contributed by atoms with Crippen LogP contribution in [-0.2, 0) is 28.7 Å². The summed E-state index contributed by atoms with van der Waals surface area (Å²) in [6.07, 6.45) is 1.16. The largest absolute Gasteiger partial charge is 0.361 e. The van der Waals surface area contributed by atoms with E-state index >= 15 is 0 Å². The van der Waals surface area contributed by atoms with Gasteiger partial charge in [-0.2, -0.15) is 0 Å². The second-order valence-corrected chi connectivity index (χ2v) is 21.1. The molecule has 0 aromatic rings. The highest BCUT2D eigenvalue weighted by molar-refractivity contribution is 8.61. The molecule has 1 heterocycles. The molecule has 1 aliphatic heterocycles. The Bertz CT molecular complexity index is 885. The summed E-state index contributed by atoms with van der Waals surface area (Å²) in [5, 5.41) is 11.2. The van der Waals surface area contributed by atoms with Gasteiger partial charge in [0.15, 0.2) is 5.78 Å². The number of ketones is 1. The molecule has 0 radical (unpaired) electrons. The molecule has 224 valence electrons. The summed E-state index contributed by atoms with van der Waals surface area (Å²) < 4.78 is 5.33. The first-order valence-corrected chi connectivity index (χ1v) is 20.0. The molecule has 1 fully saturated rings. The first-order valence-electron chi connectivity index (χ1n) is 13.4. The Morgan fingerprint density at radius 1 is 0.795 bits per heavy atom. The summed E-state index contributed by atoms with van der Waals surface area (Å²) in [6, 6.07) is -2.52. The van der Waals surface area contributed by atoms with Crippen molar-refractivity contribution in [2.75, 3.05) is 6.61 Å². The zero-order valence-electron chi connectivity index (χ0n) is 24.4. The fourth-order valence-corrected chi connectivity index (χ4v) is 7.81. The van der Waals surface area contributed by atoms with E-state index in [2.05, 4.69) is 39.1 Å². The van der Waals surface area contributed by atoms with Crippen LogP contribution in [0.4, 0.5) is 0 Å². The maximum atomic E-state index is 13.5. The first kappa shape index (κ1) is 36.3. The van der Waals surface area contributed by atoms with Crippen molar-refractivity contribution in [3.05, 3.63) is 0 Å². The molecule has 10 nitrogen and oxygen atoms in total. The monoisotopic (exact) mass is 624 g/mol. The molecule has 4 amide bonds. The van der Waals surface area contributed by atoms with Crippen LogP contribution in [0.15, 0.2) is 0 Å². The Balaban J connectivity index is 3.12. The van der Waals surface area contributed by atoms with Crippen LogP contribution in [0.5, 0.6) is 0 Å². The molecule has 1 saturated heterocycles. The van der Waals surface area contributed by atoms with E-state index in [1.807, 2.05) is 41.5 Å². The van der Waals surface area contributed by atoms with Crippen LogP contribution in [0.1, 0.15) is 74.7 Å². The molecule has 0 aromatic carbocycles. The maximum Gasteiger partial charge on any atom is 0.248 e. The van der Waals surface area contributed by atoms with Crippen molar-refractivity contribution in [1.29, 1.82) is 0 Å².